The molecule has 4 heteroatoms. The first-order chi connectivity index (χ1) is 15.3. The fourth-order valence-electron chi connectivity index (χ4n) is 3.97. The van der Waals surface area contributed by atoms with Gasteiger partial charge < -0.3 is 14.4 Å². The highest BCUT2D eigenvalue weighted by Gasteiger charge is 2.35. The molecule has 160 valence electrons. The van der Waals surface area contributed by atoms with Crippen LogP contribution < -0.4 is 0 Å². The quantitative estimate of drug-likeness (QED) is 0.476. The van der Waals surface area contributed by atoms with E-state index in [2.05, 4.69) is 36.4 Å². The molecule has 1 heterocycles. The van der Waals surface area contributed by atoms with Crippen LogP contribution in [0.4, 0.5) is 0 Å². The molecule has 1 aliphatic rings. The van der Waals surface area contributed by atoms with Gasteiger partial charge in [-0.1, -0.05) is 91.0 Å². The zero-order chi connectivity index (χ0) is 21.3. The van der Waals surface area contributed by atoms with Gasteiger partial charge in [0.15, 0.2) is 0 Å². The van der Waals surface area contributed by atoms with Crippen LogP contribution in [-0.4, -0.2) is 30.1 Å². The summed E-state index contributed by atoms with van der Waals surface area (Å²) in [6.45, 7) is 2.87. The van der Waals surface area contributed by atoms with E-state index in [1.54, 1.807) is 0 Å². The maximum absolute atomic E-state index is 12.7. The minimum absolute atomic E-state index is 0.121. The third-order valence-corrected chi connectivity index (χ3v) is 5.69. The standard InChI is InChI=1S/C27H29NO3/c29-27-16-25(18-28(27)17-22-10-4-1-5-11-22)26(31-20-24-14-8-3-9-15-24)21-30-19-23-12-6-2-7-13-23/h1-15,25-26H,16-21H2/t25-,26+/m1/s1. The summed E-state index contributed by atoms with van der Waals surface area (Å²) in [5, 5.41) is 0. The Hall–Kier alpha value is -2.95. The molecule has 4 nitrogen and oxygen atoms in total. The monoisotopic (exact) mass is 415 g/mol. The molecular formula is C27H29NO3. The van der Waals surface area contributed by atoms with Crippen molar-refractivity contribution in [3.8, 4) is 0 Å². The number of nitrogens with zero attached hydrogens (tertiary/aromatic N) is 1. The van der Waals surface area contributed by atoms with Gasteiger partial charge in [-0.3, -0.25) is 4.79 Å². The highest BCUT2D eigenvalue weighted by Crippen LogP contribution is 2.26. The minimum atomic E-state index is -0.131. The lowest BCUT2D eigenvalue weighted by atomic mass is 10.0. The Labute approximate surface area is 184 Å². The summed E-state index contributed by atoms with van der Waals surface area (Å²) in [5.41, 5.74) is 3.41. The molecule has 31 heavy (non-hydrogen) atoms. The lowest BCUT2D eigenvalue weighted by Crippen LogP contribution is -2.32. The first kappa shape index (κ1) is 21.3. The molecule has 0 bridgehead atoms. The van der Waals surface area contributed by atoms with Crippen molar-refractivity contribution >= 4 is 5.91 Å². The van der Waals surface area contributed by atoms with Gasteiger partial charge in [0.05, 0.1) is 25.9 Å². The molecule has 3 aromatic rings. The van der Waals surface area contributed by atoms with E-state index in [1.807, 2.05) is 59.5 Å². The summed E-state index contributed by atoms with van der Waals surface area (Å²) >= 11 is 0. The molecule has 0 radical (unpaired) electrons. The van der Waals surface area contributed by atoms with Gasteiger partial charge in [-0.2, -0.15) is 0 Å². The SMILES string of the molecule is O=C1C[C@@H]([C@H](COCc2ccccc2)OCc2ccccc2)CN1Cc1ccccc1. The third-order valence-electron chi connectivity index (χ3n) is 5.69. The van der Waals surface area contributed by atoms with Gasteiger partial charge in [-0.05, 0) is 16.7 Å². The van der Waals surface area contributed by atoms with Crippen LogP contribution in [0.25, 0.3) is 0 Å². The van der Waals surface area contributed by atoms with Crippen molar-refractivity contribution in [2.75, 3.05) is 13.2 Å². The average Bonchev–Trinajstić information content (AvgIpc) is 3.18. The van der Waals surface area contributed by atoms with Gasteiger partial charge >= 0.3 is 0 Å². The second-order valence-corrected chi connectivity index (χ2v) is 8.06. The van der Waals surface area contributed by atoms with Crippen LogP contribution in [0.3, 0.4) is 0 Å². The number of amides is 1. The average molecular weight is 416 g/mol. The number of benzene rings is 3. The number of ether oxygens (including phenoxy) is 2. The fraction of sp³-hybridized carbons (Fsp3) is 0.296. The van der Waals surface area contributed by atoms with E-state index < -0.39 is 0 Å². The van der Waals surface area contributed by atoms with Crippen LogP contribution in [0.2, 0.25) is 0 Å². The Kier molecular flexibility index (Phi) is 7.48. The molecular weight excluding hydrogens is 386 g/mol. The molecule has 0 spiro atoms. The summed E-state index contributed by atoms with van der Waals surface area (Å²) in [6, 6.07) is 30.4. The number of carbonyl (C=O) groups excluding carboxylic acids is 1. The van der Waals surface area contributed by atoms with Gasteiger partial charge in [0.25, 0.3) is 0 Å². The summed E-state index contributed by atoms with van der Waals surface area (Å²) in [6.07, 6.45) is 0.370. The normalized spacial score (nSPS) is 17.1. The summed E-state index contributed by atoms with van der Waals surface area (Å²) < 4.78 is 12.3. The zero-order valence-corrected chi connectivity index (χ0v) is 17.7. The lowest BCUT2D eigenvalue weighted by molar-refractivity contribution is -0.128. The van der Waals surface area contributed by atoms with Crippen molar-refractivity contribution in [2.24, 2.45) is 5.92 Å². The van der Waals surface area contributed by atoms with Crippen LogP contribution in [0.1, 0.15) is 23.1 Å². The smallest absolute Gasteiger partial charge is 0.223 e. The molecule has 0 unspecified atom stereocenters. The Morgan fingerprint density at radius 3 is 1.94 bits per heavy atom. The van der Waals surface area contributed by atoms with E-state index in [4.69, 9.17) is 9.47 Å². The highest BCUT2D eigenvalue weighted by molar-refractivity contribution is 5.78. The molecule has 0 aromatic heterocycles. The predicted molar refractivity (Wildman–Crippen MR) is 121 cm³/mol. The Morgan fingerprint density at radius 1 is 0.774 bits per heavy atom. The number of hydrogen-bond donors (Lipinski definition) is 0. The first-order valence-corrected chi connectivity index (χ1v) is 10.9. The Morgan fingerprint density at radius 2 is 1.32 bits per heavy atom. The van der Waals surface area contributed by atoms with Crippen molar-refractivity contribution in [3.05, 3.63) is 108 Å². The van der Waals surface area contributed by atoms with E-state index in [0.29, 0.717) is 39.3 Å². The fourth-order valence-corrected chi connectivity index (χ4v) is 3.97. The molecule has 0 aliphatic carbocycles. The minimum Gasteiger partial charge on any atom is -0.374 e. The number of hydrogen-bond acceptors (Lipinski definition) is 3. The number of carbonyl (C=O) groups is 1. The molecule has 0 N–H and O–H groups in total. The predicted octanol–water partition coefficient (Wildman–Crippen LogP) is 4.84. The maximum atomic E-state index is 12.7. The van der Waals surface area contributed by atoms with Crippen LogP contribution in [-0.2, 0) is 34.0 Å². The highest BCUT2D eigenvalue weighted by atomic mass is 16.5. The van der Waals surface area contributed by atoms with Gasteiger partial charge in [-0.15, -0.1) is 0 Å². The summed E-state index contributed by atoms with van der Waals surface area (Å²) in [7, 11) is 0. The molecule has 0 saturated carbocycles. The second-order valence-electron chi connectivity index (χ2n) is 8.06. The van der Waals surface area contributed by atoms with E-state index in [9.17, 15) is 4.79 Å². The Balaban J connectivity index is 1.38. The number of likely N-dealkylation sites (tertiary alicyclic amines) is 1. The van der Waals surface area contributed by atoms with Crippen molar-refractivity contribution in [1.82, 2.24) is 4.90 Å². The van der Waals surface area contributed by atoms with Crippen molar-refractivity contribution in [3.63, 3.8) is 0 Å². The van der Waals surface area contributed by atoms with Crippen LogP contribution in [0.5, 0.6) is 0 Å². The van der Waals surface area contributed by atoms with Crippen molar-refractivity contribution in [2.45, 2.75) is 32.3 Å². The molecule has 3 aromatic carbocycles. The molecule has 1 fully saturated rings. The maximum Gasteiger partial charge on any atom is 0.223 e. The van der Waals surface area contributed by atoms with E-state index in [1.165, 1.54) is 0 Å². The van der Waals surface area contributed by atoms with Crippen molar-refractivity contribution in [1.29, 1.82) is 0 Å². The van der Waals surface area contributed by atoms with E-state index in [-0.39, 0.29) is 17.9 Å². The van der Waals surface area contributed by atoms with Crippen LogP contribution in [0.15, 0.2) is 91.0 Å². The van der Waals surface area contributed by atoms with Gasteiger partial charge in [0, 0.05) is 25.4 Å². The largest absolute Gasteiger partial charge is 0.374 e. The van der Waals surface area contributed by atoms with E-state index in [0.717, 1.165) is 16.7 Å². The zero-order valence-electron chi connectivity index (χ0n) is 17.7. The topological polar surface area (TPSA) is 38.8 Å². The van der Waals surface area contributed by atoms with E-state index >= 15 is 0 Å². The second kappa shape index (κ2) is 10.9. The van der Waals surface area contributed by atoms with Gasteiger partial charge in [0.2, 0.25) is 5.91 Å². The third kappa shape index (κ3) is 6.27. The molecule has 4 rings (SSSR count). The molecule has 1 saturated heterocycles. The Bertz CT molecular complexity index is 930. The lowest BCUT2D eigenvalue weighted by Gasteiger charge is -2.24. The van der Waals surface area contributed by atoms with Gasteiger partial charge in [-0.25, -0.2) is 0 Å². The van der Waals surface area contributed by atoms with Crippen LogP contribution in [0, 0.1) is 5.92 Å². The number of rotatable bonds is 10. The molecule has 1 aliphatic heterocycles. The van der Waals surface area contributed by atoms with Gasteiger partial charge in [0.1, 0.15) is 0 Å². The van der Waals surface area contributed by atoms with Crippen LogP contribution >= 0.6 is 0 Å². The first-order valence-electron chi connectivity index (χ1n) is 10.9. The molecule has 2 atom stereocenters. The summed E-state index contributed by atoms with van der Waals surface area (Å²) in [4.78, 5) is 14.6. The van der Waals surface area contributed by atoms with Crippen molar-refractivity contribution < 1.29 is 14.3 Å². The molecule has 1 amide bonds. The summed E-state index contributed by atoms with van der Waals surface area (Å²) in [5.74, 6) is 0.306.